The Labute approximate surface area is 320 Å². The van der Waals surface area contributed by atoms with Crippen molar-refractivity contribution in [2.75, 3.05) is 14.2 Å². The SMILES string of the molecule is CC[Si](CC)(CC)O[C@H]1Cc2c(OC)c(C)c(OC)c(O)c2[C@@H]2O[C@H](CC[C@H](C)[C@@H]3O[C@@]3(C)C[C@@H](C)C[C@@H]1C)[C@H](C)[C@H](O[Si](C)(C)C(C)(C)C)[C@H]2C. The van der Waals surface area contributed by atoms with Crippen LogP contribution in [0.2, 0.25) is 36.3 Å². The van der Waals surface area contributed by atoms with Gasteiger partial charge in [0.05, 0.1) is 50.3 Å². The molecule has 2 bridgehead atoms. The lowest BCUT2D eigenvalue weighted by molar-refractivity contribution is -0.165. The summed E-state index contributed by atoms with van der Waals surface area (Å²) in [7, 11) is -0.802. The minimum Gasteiger partial charge on any atom is -0.504 e. The Morgan fingerprint density at radius 1 is 0.865 bits per heavy atom. The normalized spacial score (nSPS) is 35.0. The Morgan fingerprint density at radius 3 is 2.00 bits per heavy atom. The molecular weight excluding hydrogens is 685 g/mol. The van der Waals surface area contributed by atoms with E-state index in [0.717, 1.165) is 66.3 Å². The maximum absolute atomic E-state index is 12.4. The van der Waals surface area contributed by atoms with Crippen molar-refractivity contribution in [2.24, 2.45) is 29.6 Å². The van der Waals surface area contributed by atoms with Crippen molar-refractivity contribution < 1.29 is 32.9 Å². The first-order valence-corrected chi connectivity index (χ1v) is 26.2. The van der Waals surface area contributed by atoms with Gasteiger partial charge in [0, 0.05) is 34.9 Å². The van der Waals surface area contributed by atoms with E-state index in [1.807, 2.05) is 6.92 Å². The average Bonchev–Trinajstić information content (AvgIpc) is 3.74. The van der Waals surface area contributed by atoms with E-state index < -0.39 is 22.7 Å². The van der Waals surface area contributed by atoms with Gasteiger partial charge in [-0.3, -0.25) is 0 Å². The van der Waals surface area contributed by atoms with Crippen LogP contribution in [0.15, 0.2) is 0 Å². The largest absolute Gasteiger partial charge is 0.504 e. The summed E-state index contributed by atoms with van der Waals surface area (Å²) >= 11 is 0. The molecule has 9 heteroatoms. The quantitative estimate of drug-likeness (QED) is 0.198. The second-order valence-corrected chi connectivity index (χ2v) is 28.6. The summed E-state index contributed by atoms with van der Waals surface area (Å²) in [6.45, 7) is 34.6. The van der Waals surface area contributed by atoms with Crippen LogP contribution in [0.3, 0.4) is 0 Å². The van der Waals surface area contributed by atoms with Crippen LogP contribution in [-0.2, 0) is 24.7 Å². The van der Waals surface area contributed by atoms with Gasteiger partial charge in [-0.15, -0.1) is 0 Å². The molecule has 11 atom stereocenters. The zero-order chi connectivity index (χ0) is 39.1. The predicted molar refractivity (Wildman–Crippen MR) is 219 cm³/mol. The number of phenols is 1. The van der Waals surface area contributed by atoms with E-state index >= 15 is 0 Å². The van der Waals surface area contributed by atoms with E-state index in [9.17, 15) is 5.11 Å². The molecule has 300 valence electrons. The Balaban J connectivity index is 1.98. The molecule has 52 heavy (non-hydrogen) atoms. The second kappa shape index (κ2) is 16.6. The van der Waals surface area contributed by atoms with Gasteiger partial charge in [-0.25, -0.2) is 0 Å². The van der Waals surface area contributed by atoms with Crippen molar-refractivity contribution in [3.8, 4) is 17.2 Å². The number of ether oxygens (including phenoxy) is 4. The average molecular weight is 763 g/mol. The number of methoxy groups -OCH3 is 2. The van der Waals surface area contributed by atoms with Gasteiger partial charge in [-0.2, -0.15) is 0 Å². The molecule has 2 fully saturated rings. The smallest absolute Gasteiger partial charge is 0.192 e. The summed E-state index contributed by atoms with van der Waals surface area (Å²) in [6.07, 6.45) is 4.36. The summed E-state index contributed by atoms with van der Waals surface area (Å²) < 4.78 is 41.1. The highest BCUT2D eigenvalue weighted by atomic mass is 28.4. The van der Waals surface area contributed by atoms with Gasteiger partial charge < -0.3 is 32.9 Å². The van der Waals surface area contributed by atoms with Crippen LogP contribution < -0.4 is 9.47 Å². The zero-order valence-electron chi connectivity index (χ0n) is 36.3. The molecule has 3 aliphatic rings. The lowest BCUT2D eigenvalue weighted by Gasteiger charge is -2.50. The molecule has 0 saturated carbocycles. The van der Waals surface area contributed by atoms with E-state index in [-0.39, 0.29) is 58.6 Å². The van der Waals surface area contributed by atoms with E-state index in [1.54, 1.807) is 14.2 Å². The summed E-state index contributed by atoms with van der Waals surface area (Å²) in [5.41, 5.74) is 2.50. The van der Waals surface area contributed by atoms with Crippen molar-refractivity contribution in [2.45, 2.75) is 194 Å². The molecule has 1 aromatic rings. The van der Waals surface area contributed by atoms with Crippen molar-refractivity contribution in [1.82, 2.24) is 0 Å². The van der Waals surface area contributed by atoms with Crippen LogP contribution in [0.4, 0.5) is 0 Å². The molecule has 3 heterocycles. The van der Waals surface area contributed by atoms with Gasteiger partial charge in [0.25, 0.3) is 0 Å². The highest BCUT2D eigenvalue weighted by Gasteiger charge is 2.56. The molecule has 0 aromatic heterocycles. The Hall–Kier alpha value is -1.11. The molecule has 0 amide bonds. The molecule has 0 unspecified atom stereocenters. The van der Waals surface area contributed by atoms with Crippen molar-refractivity contribution >= 4 is 16.6 Å². The van der Waals surface area contributed by atoms with E-state index in [4.69, 9.17) is 27.8 Å². The molecular formula is C43H78O7Si2. The van der Waals surface area contributed by atoms with Crippen LogP contribution in [0.1, 0.15) is 132 Å². The Kier molecular flexibility index (Phi) is 13.9. The molecule has 0 radical (unpaired) electrons. The first-order valence-electron chi connectivity index (χ1n) is 20.8. The monoisotopic (exact) mass is 763 g/mol. The van der Waals surface area contributed by atoms with Gasteiger partial charge in [0.2, 0.25) is 0 Å². The lowest BCUT2D eigenvalue weighted by atomic mass is 9.75. The molecule has 0 spiro atoms. The number of aromatic hydroxyl groups is 1. The minimum absolute atomic E-state index is 0.0271. The second-order valence-electron chi connectivity index (χ2n) is 19.1. The lowest BCUT2D eigenvalue weighted by Crippen LogP contribution is -2.53. The predicted octanol–water partition coefficient (Wildman–Crippen LogP) is 11.4. The fraction of sp³-hybridized carbons (Fsp3) is 0.860. The molecule has 3 aliphatic heterocycles. The van der Waals surface area contributed by atoms with Crippen molar-refractivity contribution in [3.63, 3.8) is 0 Å². The Bertz CT molecular complexity index is 1350. The third kappa shape index (κ3) is 8.65. The van der Waals surface area contributed by atoms with Crippen molar-refractivity contribution in [3.05, 3.63) is 16.7 Å². The number of benzene rings is 1. The van der Waals surface area contributed by atoms with Crippen LogP contribution in [0, 0.1) is 36.5 Å². The van der Waals surface area contributed by atoms with Gasteiger partial charge >= 0.3 is 0 Å². The third-order valence-electron chi connectivity index (χ3n) is 14.4. The maximum atomic E-state index is 12.4. The molecule has 4 rings (SSSR count). The van der Waals surface area contributed by atoms with Crippen LogP contribution in [-0.4, -0.2) is 66.0 Å². The van der Waals surface area contributed by atoms with Gasteiger partial charge in [0.15, 0.2) is 28.1 Å². The fourth-order valence-electron chi connectivity index (χ4n) is 9.78. The highest BCUT2D eigenvalue weighted by Crippen LogP contribution is 2.55. The molecule has 1 N–H and O–H groups in total. The van der Waals surface area contributed by atoms with Gasteiger partial charge in [-0.05, 0) is 93.5 Å². The van der Waals surface area contributed by atoms with Crippen LogP contribution >= 0.6 is 0 Å². The molecule has 7 nitrogen and oxygen atoms in total. The van der Waals surface area contributed by atoms with E-state index in [2.05, 4.69) is 96.2 Å². The summed E-state index contributed by atoms with van der Waals surface area (Å²) in [6, 6.07) is 3.24. The number of epoxide rings is 1. The summed E-state index contributed by atoms with van der Waals surface area (Å²) in [5, 5.41) is 12.5. The van der Waals surface area contributed by atoms with E-state index in [0.29, 0.717) is 24.0 Å². The molecule has 2 saturated heterocycles. The minimum atomic E-state index is -2.17. The Morgan fingerprint density at radius 2 is 1.46 bits per heavy atom. The summed E-state index contributed by atoms with van der Waals surface area (Å²) in [5.74, 6) is 2.72. The van der Waals surface area contributed by atoms with Crippen LogP contribution in [0.5, 0.6) is 17.2 Å². The number of fused-ring (bicyclic) bond motifs is 5. The van der Waals surface area contributed by atoms with E-state index in [1.165, 1.54) is 0 Å². The van der Waals surface area contributed by atoms with Gasteiger partial charge in [0.1, 0.15) is 5.75 Å². The highest BCUT2D eigenvalue weighted by molar-refractivity contribution is 6.74. The number of hydrogen-bond donors (Lipinski definition) is 1. The van der Waals surface area contributed by atoms with Gasteiger partial charge in [-0.1, -0.05) is 76.2 Å². The summed E-state index contributed by atoms with van der Waals surface area (Å²) in [4.78, 5) is 0. The fourth-order valence-corrected chi connectivity index (χ4v) is 14.2. The number of phenolic OH excluding ortho intramolecular Hbond substituents is 1. The topological polar surface area (TPSA) is 78.9 Å². The maximum Gasteiger partial charge on any atom is 0.192 e. The standard InChI is InChI=1S/C43H78O7Si2/c1-18-52(19-2,20-3)49-34-24-32-35(36(44)40(46-15)31(9)38(32)45-14)39-30(8)37(50-51(16,17)42(10,11)12)29(7)33(47-39)22-21-27(5)41-43(13,48-41)25-26(4)23-28(34)6/h26-30,33-34,37,39,41,44H,18-25H2,1-17H3/t26-,27-,28-,29-,30+,33+,34-,37-,39+,41-,43-/m0/s1. The zero-order valence-corrected chi connectivity index (χ0v) is 38.3. The first-order chi connectivity index (χ1) is 24.1. The molecule has 0 aliphatic carbocycles. The van der Waals surface area contributed by atoms with Crippen molar-refractivity contribution in [1.29, 1.82) is 0 Å². The number of rotatable bonds is 9. The third-order valence-corrected chi connectivity index (χ3v) is 23.5. The number of hydrogen-bond acceptors (Lipinski definition) is 7. The van der Waals surface area contributed by atoms with Crippen LogP contribution in [0.25, 0.3) is 0 Å². The first kappa shape index (κ1) is 43.6. The molecule has 1 aromatic carbocycles.